The van der Waals surface area contributed by atoms with Crippen LogP contribution in [0.4, 0.5) is 31.1 Å². The van der Waals surface area contributed by atoms with Crippen LogP contribution in [0.15, 0.2) is 103 Å². The number of benzene rings is 4. The summed E-state index contributed by atoms with van der Waals surface area (Å²) in [5.74, 6) is -0.441. The number of methoxy groups -OCH3 is 3. The fourth-order valence-corrected chi connectivity index (χ4v) is 8.58. The molecule has 384 valence electrons. The minimum atomic E-state index is -6.15. The van der Waals surface area contributed by atoms with Gasteiger partial charge in [-0.2, -0.15) is 26.3 Å². The molecule has 13 nitrogen and oxygen atoms in total. The first kappa shape index (κ1) is 54.5. The predicted octanol–water partition coefficient (Wildman–Crippen LogP) is 8.72. The number of ether oxygens (including phenoxy) is 9. The average Bonchev–Trinajstić information content (AvgIpc) is 3.42. The molecule has 70 heavy (non-hydrogen) atoms. The van der Waals surface area contributed by atoms with E-state index in [4.69, 9.17) is 42.6 Å². The first-order valence-electron chi connectivity index (χ1n) is 23.0. The molecule has 4 aromatic rings. The number of rotatable bonds is 25. The summed E-state index contributed by atoms with van der Waals surface area (Å²) in [5.41, 5.74) is -3.50. The van der Waals surface area contributed by atoms with Crippen LogP contribution in [-0.2, 0) is 76.0 Å². The van der Waals surface area contributed by atoms with E-state index >= 15 is 4.79 Å². The molecule has 0 aliphatic carbocycles. The average molecular weight is 993 g/mol. The molecule has 0 saturated carbocycles. The van der Waals surface area contributed by atoms with E-state index in [1.165, 1.54) is 19.1 Å². The van der Waals surface area contributed by atoms with Crippen LogP contribution in [0.1, 0.15) is 52.6 Å². The third-order valence-corrected chi connectivity index (χ3v) is 12.3. The zero-order valence-corrected chi connectivity index (χ0v) is 39.5. The Morgan fingerprint density at radius 2 is 1.16 bits per heavy atom. The Labute approximate surface area is 404 Å². The lowest BCUT2D eigenvalue weighted by molar-refractivity contribution is -0.376. The molecule has 2 aliphatic rings. The zero-order valence-electron chi connectivity index (χ0n) is 39.5. The van der Waals surface area contributed by atoms with Gasteiger partial charge in [0.05, 0.1) is 58.8 Å². The van der Waals surface area contributed by atoms with Crippen molar-refractivity contribution >= 4 is 6.03 Å². The molecule has 2 amide bonds. The second-order valence-electron chi connectivity index (χ2n) is 17.0. The van der Waals surface area contributed by atoms with Gasteiger partial charge in [-0.25, -0.2) is 4.79 Å². The number of carbonyl (C=O) groups excluding carboxylic acids is 1. The molecule has 6 rings (SSSR count). The second-order valence-corrected chi connectivity index (χ2v) is 17.0. The maximum absolute atomic E-state index is 15.9. The van der Waals surface area contributed by atoms with E-state index in [9.17, 15) is 31.4 Å². The van der Waals surface area contributed by atoms with Crippen LogP contribution in [-0.4, -0.2) is 132 Å². The van der Waals surface area contributed by atoms with E-state index < -0.39 is 66.1 Å². The Morgan fingerprint density at radius 3 is 1.64 bits per heavy atom. The van der Waals surface area contributed by atoms with Gasteiger partial charge in [0, 0.05) is 38.5 Å². The van der Waals surface area contributed by atoms with E-state index in [2.05, 4.69) is 0 Å². The minimum absolute atomic E-state index is 0.0134. The number of amides is 2. The van der Waals surface area contributed by atoms with Gasteiger partial charge in [-0.3, -0.25) is 0 Å². The molecule has 2 aliphatic heterocycles. The SMILES string of the molecule is COCCOCOC1C(OCOCCOC)[C@@H](Cc2ccccc2)N(Cc2ccc(COC3CCCCO3)cc2)C(=O)N(Cc2ccc(C(O)(C(F)(F)F)C(F)(F)F)cc2OC)C1Cc1ccccc1. The van der Waals surface area contributed by atoms with Gasteiger partial charge in [0.1, 0.15) is 31.5 Å². The number of carbonyl (C=O) groups is 1. The van der Waals surface area contributed by atoms with Gasteiger partial charge in [-0.05, 0) is 60.4 Å². The van der Waals surface area contributed by atoms with Crippen molar-refractivity contribution in [2.75, 3.05) is 67.9 Å². The second kappa shape index (κ2) is 26.0. The number of nitrogens with zero attached hydrogens (tertiary/aromatic N) is 2. The predicted molar refractivity (Wildman–Crippen MR) is 243 cm³/mol. The Kier molecular flexibility index (Phi) is 20.3. The van der Waals surface area contributed by atoms with E-state index in [0.29, 0.717) is 25.3 Å². The monoisotopic (exact) mass is 992 g/mol. The van der Waals surface area contributed by atoms with Crippen molar-refractivity contribution in [3.8, 4) is 5.75 Å². The van der Waals surface area contributed by atoms with Gasteiger partial charge in [0.15, 0.2) is 6.29 Å². The van der Waals surface area contributed by atoms with Crippen LogP contribution >= 0.6 is 0 Å². The summed E-state index contributed by atoms with van der Waals surface area (Å²) in [6.07, 6.45) is -11.5. The molecule has 0 spiro atoms. The summed E-state index contributed by atoms with van der Waals surface area (Å²) in [6.45, 7) is 0.843. The summed E-state index contributed by atoms with van der Waals surface area (Å²) >= 11 is 0. The standard InChI is InChI=1S/C51H62F6N2O11/c1-62-24-26-65-34-69-46-42(28-36-12-6-4-7-13-36)58(31-38-17-19-39(20-18-38)33-68-45-16-10-11-23-67-45)48(60)59(43(29-37-14-8-5-9-15-37)47(46)70-35-66-27-25-63-2)32-40-21-22-41(30-44(40)64-3)49(61,50(52,53)54)51(55,56)57/h4-9,12-15,17-22,30,42-43,45-47,61H,10-11,16,23-29,31-35H2,1-3H3/t42-,43?,45?,46?,47?/m1/s1. The molecule has 5 atom stereocenters. The van der Waals surface area contributed by atoms with Gasteiger partial charge in [0.25, 0.3) is 5.60 Å². The highest BCUT2D eigenvalue weighted by Gasteiger charge is 2.71. The maximum atomic E-state index is 15.9. The maximum Gasteiger partial charge on any atom is 0.430 e. The number of aliphatic hydroxyl groups is 1. The van der Waals surface area contributed by atoms with Gasteiger partial charge in [-0.1, -0.05) is 97.1 Å². The van der Waals surface area contributed by atoms with E-state index in [1.807, 2.05) is 84.9 Å². The van der Waals surface area contributed by atoms with E-state index in [0.717, 1.165) is 54.7 Å². The number of hydrogen-bond donors (Lipinski definition) is 1. The third-order valence-electron chi connectivity index (χ3n) is 12.3. The number of hydrogen-bond acceptors (Lipinski definition) is 11. The summed E-state index contributed by atoms with van der Waals surface area (Å²) in [4.78, 5) is 19.1. The molecular weight excluding hydrogens is 931 g/mol. The molecule has 0 bridgehead atoms. The molecular formula is C51H62F6N2O11. The minimum Gasteiger partial charge on any atom is -0.496 e. The van der Waals surface area contributed by atoms with Crippen molar-refractivity contribution in [1.82, 2.24) is 9.80 Å². The number of halogens is 6. The normalized spacial score (nSPS) is 20.4. The Balaban J connectivity index is 1.50. The summed E-state index contributed by atoms with van der Waals surface area (Å²) < 4.78 is 138. The highest BCUT2D eigenvalue weighted by molar-refractivity contribution is 5.76. The summed E-state index contributed by atoms with van der Waals surface area (Å²) in [5, 5.41) is 10.4. The van der Waals surface area contributed by atoms with Crippen molar-refractivity contribution < 1.29 is 78.9 Å². The molecule has 19 heteroatoms. The molecule has 0 aromatic heterocycles. The van der Waals surface area contributed by atoms with Crippen molar-refractivity contribution in [3.05, 3.63) is 137 Å². The van der Waals surface area contributed by atoms with Crippen molar-refractivity contribution in [2.45, 2.75) is 100 Å². The van der Waals surface area contributed by atoms with Gasteiger partial charge in [0.2, 0.25) is 0 Å². The van der Waals surface area contributed by atoms with Crippen LogP contribution in [0.3, 0.4) is 0 Å². The van der Waals surface area contributed by atoms with E-state index in [1.54, 1.807) is 4.90 Å². The van der Waals surface area contributed by atoms with Crippen LogP contribution in [0.5, 0.6) is 5.75 Å². The fraction of sp³-hybridized carbons (Fsp3) is 0.510. The Bertz CT molecular complexity index is 2150. The molecule has 1 N–H and O–H groups in total. The topological polar surface area (TPSA) is 127 Å². The molecule has 2 fully saturated rings. The lowest BCUT2D eigenvalue weighted by atomic mass is 9.89. The lowest BCUT2D eigenvalue weighted by Gasteiger charge is -2.38. The highest BCUT2D eigenvalue weighted by atomic mass is 19.4. The fourth-order valence-electron chi connectivity index (χ4n) is 8.58. The van der Waals surface area contributed by atoms with Crippen molar-refractivity contribution in [1.29, 1.82) is 0 Å². The first-order chi connectivity index (χ1) is 33.7. The first-order valence-corrected chi connectivity index (χ1v) is 23.0. The largest absolute Gasteiger partial charge is 0.496 e. The van der Waals surface area contributed by atoms with Crippen LogP contribution in [0.2, 0.25) is 0 Å². The van der Waals surface area contributed by atoms with Crippen LogP contribution in [0.25, 0.3) is 0 Å². The number of alkyl halides is 6. The Morgan fingerprint density at radius 1 is 0.629 bits per heavy atom. The molecule has 0 radical (unpaired) electrons. The zero-order chi connectivity index (χ0) is 50.2. The molecule has 4 aromatic carbocycles. The third kappa shape index (κ3) is 14.2. The summed E-state index contributed by atoms with van der Waals surface area (Å²) in [6, 6.07) is 25.9. The van der Waals surface area contributed by atoms with Gasteiger partial charge in [-0.15, -0.1) is 0 Å². The highest BCUT2D eigenvalue weighted by Crippen LogP contribution is 2.51. The Hall–Kier alpha value is -4.83. The number of urea groups is 1. The van der Waals surface area contributed by atoms with Crippen molar-refractivity contribution in [3.63, 3.8) is 0 Å². The van der Waals surface area contributed by atoms with Crippen LogP contribution < -0.4 is 4.74 Å². The van der Waals surface area contributed by atoms with Crippen LogP contribution in [0, 0.1) is 0 Å². The van der Waals surface area contributed by atoms with Crippen molar-refractivity contribution in [2.24, 2.45) is 0 Å². The summed E-state index contributed by atoms with van der Waals surface area (Å²) in [7, 11) is 4.13. The van der Waals surface area contributed by atoms with Gasteiger partial charge >= 0.3 is 18.4 Å². The smallest absolute Gasteiger partial charge is 0.430 e. The molecule has 2 saturated heterocycles. The lowest BCUT2D eigenvalue weighted by Crippen LogP contribution is -2.54. The quantitative estimate of drug-likeness (QED) is 0.0389. The van der Waals surface area contributed by atoms with Gasteiger partial charge < -0.3 is 57.5 Å². The van der Waals surface area contributed by atoms with E-state index in [-0.39, 0.29) is 71.3 Å². The molecule has 4 unspecified atom stereocenters. The molecule has 2 heterocycles.